The fourth-order valence-electron chi connectivity index (χ4n) is 1.93. The molecule has 1 aromatic heterocycles. The Kier molecular flexibility index (Phi) is 2.77. The molecule has 6 heteroatoms. The van der Waals surface area contributed by atoms with E-state index in [2.05, 4.69) is 5.10 Å². The molecule has 0 spiro atoms. The third-order valence-electron chi connectivity index (χ3n) is 2.81. The molecule has 0 saturated heterocycles. The number of benzene rings is 2. The van der Waals surface area contributed by atoms with E-state index in [1.165, 1.54) is 18.2 Å². The Morgan fingerprint density at radius 2 is 1.63 bits per heavy atom. The van der Waals surface area contributed by atoms with Gasteiger partial charge in [-0.1, -0.05) is 23.2 Å². The summed E-state index contributed by atoms with van der Waals surface area (Å²) in [5.41, 5.74) is 0.102. The molecule has 0 saturated carbocycles. The molecule has 0 fully saturated rings. The molecule has 0 radical (unpaired) electrons. The lowest BCUT2D eigenvalue weighted by atomic mass is 10.1. The third kappa shape index (κ3) is 1.99. The van der Waals surface area contributed by atoms with E-state index in [-0.39, 0.29) is 21.8 Å². The highest BCUT2D eigenvalue weighted by molar-refractivity contribution is 6.31. The van der Waals surface area contributed by atoms with Crippen LogP contribution in [0.1, 0.15) is 0 Å². The normalized spacial score (nSPS) is 11.1. The number of rotatable bonds is 0. The Hall–Kier alpha value is -1.91. The van der Waals surface area contributed by atoms with Crippen LogP contribution in [0.15, 0.2) is 41.2 Å². The van der Waals surface area contributed by atoms with Crippen LogP contribution < -0.4 is 10.3 Å². The van der Waals surface area contributed by atoms with Gasteiger partial charge in [-0.3, -0.25) is 4.79 Å². The maximum absolute atomic E-state index is 12.4. The third-order valence-corrected chi connectivity index (χ3v) is 3.28. The fraction of sp³-hybridized carbons (Fsp3) is 0. The molecule has 0 aliphatic carbocycles. The minimum Gasteiger partial charge on any atom is -0.594 e. The van der Waals surface area contributed by atoms with Gasteiger partial charge in [-0.25, -0.2) is 0 Å². The maximum Gasteiger partial charge on any atom is 0.257 e. The average Bonchev–Trinajstić information content (AvgIpc) is 2.46. The first kappa shape index (κ1) is 12.1. The molecule has 4 nitrogen and oxygen atoms in total. The summed E-state index contributed by atoms with van der Waals surface area (Å²) in [5, 5.41) is 17.2. The zero-order valence-corrected chi connectivity index (χ0v) is 10.9. The molecule has 19 heavy (non-hydrogen) atoms. The minimum absolute atomic E-state index is 0.129. The zero-order valence-electron chi connectivity index (χ0n) is 9.43. The number of nitrogens with zero attached hydrogens (tertiary/aromatic N) is 2. The van der Waals surface area contributed by atoms with Gasteiger partial charge in [0, 0.05) is 21.2 Å². The second-order valence-electron chi connectivity index (χ2n) is 4.03. The minimum atomic E-state index is -0.277. The lowest BCUT2D eigenvalue weighted by molar-refractivity contribution is -0.639. The molecule has 0 N–H and O–H groups in total. The van der Waals surface area contributed by atoms with Gasteiger partial charge >= 0.3 is 0 Å². The smallest absolute Gasteiger partial charge is 0.257 e. The van der Waals surface area contributed by atoms with Crippen molar-refractivity contribution in [1.29, 1.82) is 0 Å². The van der Waals surface area contributed by atoms with E-state index in [9.17, 15) is 10.0 Å². The van der Waals surface area contributed by atoms with Gasteiger partial charge in [0.05, 0.1) is 10.8 Å². The van der Waals surface area contributed by atoms with Gasteiger partial charge in [0.1, 0.15) is 5.52 Å². The average molecular weight is 293 g/mol. The van der Waals surface area contributed by atoms with Crippen LogP contribution in [0.3, 0.4) is 0 Å². The maximum atomic E-state index is 12.4. The van der Waals surface area contributed by atoms with Crippen LogP contribution in [0.4, 0.5) is 0 Å². The summed E-state index contributed by atoms with van der Waals surface area (Å²) in [4.78, 5) is 12.8. The quantitative estimate of drug-likeness (QED) is 0.473. The molecule has 1 heterocycles. The molecule has 0 aliphatic rings. The van der Waals surface area contributed by atoms with Crippen molar-refractivity contribution in [1.82, 2.24) is 5.10 Å². The molecule has 0 amide bonds. The monoisotopic (exact) mass is 292 g/mol. The van der Waals surface area contributed by atoms with E-state index < -0.39 is 0 Å². The first-order valence-corrected chi connectivity index (χ1v) is 6.14. The molecule has 0 atom stereocenters. The zero-order chi connectivity index (χ0) is 13.6. The van der Waals surface area contributed by atoms with Crippen molar-refractivity contribution in [2.75, 3.05) is 0 Å². The number of fused-ring (bicyclic) bond motifs is 2. The molecule has 3 aromatic rings. The second-order valence-corrected chi connectivity index (χ2v) is 4.90. The van der Waals surface area contributed by atoms with E-state index >= 15 is 0 Å². The number of hydrogen-bond acceptors (Lipinski definition) is 3. The van der Waals surface area contributed by atoms with Crippen LogP contribution in [0.2, 0.25) is 10.0 Å². The number of aromatic nitrogens is 2. The molecule has 94 valence electrons. The lowest BCUT2D eigenvalue weighted by Gasteiger charge is -1.93. The van der Waals surface area contributed by atoms with Crippen LogP contribution in [0.5, 0.6) is 0 Å². The Morgan fingerprint density at radius 3 is 2.37 bits per heavy atom. The van der Waals surface area contributed by atoms with E-state index in [1.807, 2.05) is 0 Å². The number of hydrogen-bond donors (Lipinski definition) is 0. The van der Waals surface area contributed by atoms with Crippen LogP contribution in [0, 0.1) is 5.21 Å². The highest BCUT2D eigenvalue weighted by Gasteiger charge is 2.12. The number of halogens is 2. The predicted molar refractivity (Wildman–Crippen MR) is 74.5 cm³/mol. The van der Waals surface area contributed by atoms with Gasteiger partial charge in [0.2, 0.25) is 5.43 Å². The van der Waals surface area contributed by atoms with Crippen molar-refractivity contribution >= 4 is 45.0 Å². The summed E-state index contributed by atoms with van der Waals surface area (Å²) in [6.45, 7) is 0. The fourth-order valence-corrected chi connectivity index (χ4v) is 2.26. The van der Waals surface area contributed by atoms with E-state index in [1.54, 1.807) is 18.2 Å². The Bertz CT molecular complexity index is 881. The van der Waals surface area contributed by atoms with Gasteiger partial charge in [0.25, 0.3) is 5.52 Å². The van der Waals surface area contributed by atoms with Crippen LogP contribution >= 0.6 is 23.2 Å². The predicted octanol–water partition coefficient (Wildman–Crippen LogP) is 2.69. The van der Waals surface area contributed by atoms with Crippen LogP contribution in [-0.4, -0.2) is 5.10 Å². The highest BCUT2D eigenvalue weighted by atomic mass is 35.5. The van der Waals surface area contributed by atoms with Crippen molar-refractivity contribution < 1.29 is 4.85 Å². The lowest BCUT2D eigenvalue weighted by Crippen LogP contribution is -2.30. The first-order chi connectivity index (χ1) is 9.06. The molecular weight excluding hydrogens is 287 g/mol. The SMILES string of the molecule is O=c1c2ccc(Cl)cc2n[n+]([O-])c2cc(Cl)ccc12. The first-order valence-electron chi connectivity index (χ1n) is 5.39. The summed E-state index contributed by atoms with van der Waals surface area (Å²) in [6, 6.07) is 9.12. The van der Waals surface area contributed by atoms with E-state index in [0.717, 1.165) is 0 Å². The Morgan fingerprint density at radius 1 is 1.00 bits per heavy atom. The van der Waals surface area contributed by atoms with Crippen molar-refractivity contribution in [3.8, 4) is 0 Å². The molecule has 0 bridgehead atoms. The Labute approximate surface area is 117 Å². The second kappa shape index (κ2) is 4.33. The van der Waals surface area contributed by atoms with Crippen molar-refractivity contribution in [2.45, 2.75) is 0 Å². The summed E-state index contributed by atoms with van der Waals surface area (Å²) in [7, 11) is 0. The summed E-state index contributed by atoms with van der Waals surface area (Å²) < 4.78 is 0. The molecule has 0 unspecified atom stereocenters. The summed E-state index contributed by atoms with van der Waals surface area (Å²) in [6.07, 6.45) is 0. The largest absolute Gasteiger partial charge is 0.594 e. The van der Waals surface area contributed by atoms with Crippen molar-refractivity contribution in [3.05, 3.63) is 61.9 Å². The van der Waals surface area contributed by atoms with E-state index in [0.29, 0.717) is 20.3 Å². The standard InChI is InChI=1S/C13H6Cl2N2O2/c14-7-1-3-9-11(5-7)16-17(19)12-6-8(15)2-4-10(12)13(9)18/h1-6H. The molecule has 3 rings (SSSR count). The van der Waals surface area contributed by atoms with Gasteiger partial charge in [-0.2, -0.15) is 0 Å². The van der Waals surface area contributed by atoms with Crippen molar-refractivity contribution in [3.63, 3.8) is 0 Å². The molecule has 2 aromatic carbocycles. The summed E-state index contributed by atoms with van der Waals surface area (Å²) in [5.74, 6) is 0. The van der Waals surface area contributed by atoms with Crippen molar-refractivity contribution in [2.24, 2.45) is 0 Å². The van der Waals surface area contributed by atoms with Crippen LogP contribution in [0.25, 0.3) is 21.8 Å². The Balaban J connectivity index is 2.66. The molecular formula is C13H6Cl2N2O2. The van der Waals surface area contributed by atoms with E-state index in [4.69, 9.17) is 23.2 Å². The summed E-state index contributed by atoms with van der Waals surface area (Å²) >= 11 is 11.7. The topological polar surface area (TPSA) is 56.9 Å². The van der Waals surface area contributed by atoms with Gasteiger partial charge < -0.3 is 5.21 Å². The van der Waals surface area contributed by atoms with Gasteiger partial charge in [0.15, 0.2) is 0 Å². The highest BCUT2D eigenvalue weighted by Crippen LogP contribution is 2.17. The van der Waals surface area contributed by atoms with Gasteiger partial charge in [-0.15, -0.1) is 0 Å². The molecule has 0 aliphatic heterocycles. The van der Waals surface area contributed by atoms with Crippen LogP contribution in [-0.2, 0) is 0 Å². The van der Waals surface area contributed by atoms with Gasteiger partial charge in [-0.05, 0) is 35.2 Å².